The lowest BCUT2D eigenvalue weighted by Crippen LogP contribution is -2.35. The van der Waals surface area contributed by atoms with Gasteiger partial charge in [-0.1, -0.05) is 18.9 Å². The predicted octanol–water partition coefficient (Wildman–Crippen LogP) is 4.48. The van der Waals surface area contributed by atoms with Crippen LogP contribution in [0.25, 0.3) is 0 Å². The fraction of sp³-hybridized carbons (Fsp3) is 0.667. The molecule has 2 nitrogen and oxygen atoms in total. The second-order valence-corrected chi connectivity index (χ2v) is 7.28. The Kier molecular flexibility index (Phi) is 5.26. The lowest BCUT2D eigenvalue weighted by Gasteiger charge is -2.30. The van der Waals surface area contributed by atoms with Crippen LogP contribution in [0.1, 0.15) is 58.9 Å². The molecule has 0 radical (unpaired) electrons. The molecule has 1 aromatic rings. The molecule has 0 saturated carbocycles. The highest BCUT2D eigenvalue weighted by molar-refractivity contribution is 5.50. The summed E-state index contributed by atoms with van der Waals surface area (Å²) >= 11 is 0. The molecule has 0 bridgehead atoms. The average Bonchev–Trinajstić information content (AvgIpc) is 2.61. The van der Waals surface area contributed by atoms with E-state index in [1.165, 1.54) is 12.8 Å². The standard InChI is InChI=1S/C18H29FN2/c1-14-8-6-5-7-11-21(14)17-10-9-15(12-16(17)19)13-20-18(2,3)4/h9-10,12,14,20H,5-8,11,13H2,1-4H3. The Morgan fingerprint density at radius 3 is 2.67 bits per heavy atom. The van der Waals surface area contributed by atoms with Crippen LogP contribution in [-0.2, 0) is 6.54 Å². The Balaban J connectivity index is 2.11. The fourth-order valence-corrected chi connectivity index (χ4v) is 2.89. The molecule has 2 rings (SSSR count). The van der Waals surface area contributed by atoms with Gasteiger partial charge in [-0.15, -0.1) is 0 Å². The van der Waals surface area contributed by atoms with E-state index < -0.39 is 0 Å². The molecule has 1 aromatic carbocycles. The zero-order valence-electron chi connectivity index (χ0n) is 13.9. The van der Waals surface area contributed by atoms with E-state index >= 15 is 0 Å². The number of nitrogens with one attached hydrogen (secondary N) is 1. The second-order valence-electron chi connectivity index (χ2n) is 7.28. The third-order valence-corrected chi connectivity index (χ3v) is 4.20. The first-order valence-corrected chi connectivity index (χ1v) is 8.17. The monoisotopic (exact) mass is 292 g/mol. The minimum atomic E-state index is -0.0861. The smallest absolute Gasteiger partial charge is 0.146 e. The fourth-order valence-electron chi connectivity index (χ4n) is 2.89. The molecule has 1 unspecified atom stereocenters. The van der Waals surface area contributed by atoms with Crippen LogP contribution in [0, 0.1) is 5.82 Å². The summed E-state index contributed by atoms with van der Waals surface area (Å²) in [6.45, 7) is 10.2. The number of nitrogens with zero attached hydrogens (tertiary/aromatic N) is 1. The van der Waals surface area contributed by atoms with Gasteiger partial charge < -0.3 is 10.2 Å². The number of hydrogen-bond acceptors (Lipinski definition) is 2. The van der Waals surface area contributed by atoms with Crippen molar-refractivity contribution in [1.82, 2.24) is 5.32 Å². The van der Waals surface area contributed by atoms with E-state index in [0.29, 0.717) is 12.6 Å². The van der Waals surface area contributed by atoms with Gasteiger partial charge >= 0.3 is 0 Å². The Bertz CT molecular complexity index is 465. The molecule has 1 N–H and O–H groups in total. The summed E-state index contributed by atoms with van der Waals surface area (Å²) in [4.78, 5) is 2.24. The molecule has 118 valence electrons. The molecule has 1 atom stereocenters. The van der Waals surface area contributed by atoms with E-state index in [2.05, 4.69) is 44.0 Å². The van der Waals surface area contributed by atoms with Gasteiger partial charge in [0.05, 0.1) is 5.69 Å². The van der Waals surface area contributed by atoms with Crippen molar-refractivity contribution in [3.05, 3.63) is 29.6 Å². The van der Waals surface area contributed by atoms with E-state index in [1.807, 2.05) is 6.07 Å². The van der Waals surface area contributed by atoms with E-state index in [0.717, 1.165) is 30.6 Å². The number of anilines is 1. The van der Waals surface area contributed by atoms with Crippen molar-refractivity contribution < 1.29 is 4.39 Å². The SMILES string of the molecule is CC1CCCCCN1c1ccc(CNC(C)(C)C)cc1F. The van der Waals surface area contributed by atoms with Gasteiger partial charge in [0.15, 0.2) is 0 Å². The summed E-state index contributed by atoms with van der Waals surface area (Å²) in [7, 11) is 0. The summed E-state index contributed by atoms with van der Waals surface area (Å²) in [6.07, 6.45) is 4.84. The molecule has 21 heavy (non-hydrogen) atoms. The van der Waals surface area contributed by atoms with E-state index in [1.54, 1.807) is 6.07 Å². The van der Waals surface area contributed by atoms with Gasteiger partial charge in [-0.2, -0.15) is 0 Å². The van der Waals surface area contributed by atoms with Crippen molar-refractivity contribution in [3.63, 3.8) is 0 Å². The molecule has 0 spiro atoms. The Morgan fingerprint density at radius 1 is 1.24 bits per heavy atom. The van der Waals surface area contributed by atoms with Crippen LogP contribution in [-0.4, -0.2) is 18.1 Å². The van der Waals surface area contributed by atoms with Crippen molar-refractivity contribution in [2.45, 2.75) is 71.5 Å². The molecule has 1 aliphatic heterocycles. The highest BCUT2D eigenvalue weighted by Crippen LogP contribution is 2.27. The first kappa shape index (κ1) is 16.3. The number of rotatable bonds is 3. The summed E-state index contributed by atoms with van der Waals surface area (Å²) in [6, 6.07) is 6.12. The Morgan fingerprint density at radius 2 is 2.00 bits per heavy atom. The first-order chi connectivity index (χ1) is 9.87. The van der Waals surface area contributed by atoms with Crippen LogP contribution in [0.15, 0.2) is 18.2 Å². The largest absolute Gasteiger partial charge is 0.366 e. The van der Waals surface area contributed by atoms with Crippen molar-refractivity contribution in [2.24, 2.45) is 0 Å². The minimum Gasteiger partial charge on any atom is -0.366 e. The van der Waals surface area contributed by atoms with E-state index in [4.69, 9.17) is 0 Å². The Hall–Kier alpha value is -1.09. The molecule has 0 amide bonds. The van der Waals surface area contributed by atoms with Crippen molar-refractivity contribution in [3.8, 4) is 0 Å². The van der Waals surface area contributed by atoms with Crippen LogP contribution in [0.3, 0.4) is 0 Å². The highest BCUT2D eigenvalue weighted by Gasteiger charge is 2.20. The summed E-state index contributed by atoms with van der Waals surface area (Å²) in [5.74, 6) is -0.0861. The molecule has 1 saturated heterocycles. The normalized spacial score (nSPS) is 20.4. The molecule has 1 heterocycles. The molecule has 3 heteroatoms. The van der Waals surface area contributed by atoms with Gasteiger partial charge in [-0.25, -0.2) is 4.39 Å². The van der Waals surface area contributed by atoms with Crippen LogP contribution in [0.5, 0.6) is 0 Å². The van der Waals surface area contributed by atoms with Crippen LogP contribution in [0.4, 0.5) is 10.1 Å². The first-order valence-electron chi connectivity index (χ1n) is 8.17. The molecule has 1 fully saturated rings. The maximum Gasteiger partial charge on any atom is 0.146 e. The van der Waals surface area contributed by atoms with Gasteiger partial charge in [-0.05, 0) is 58.2 Å². The maximum atomic E-state index is 14.5. The molecule has 0 aromatic heterocycles. The zero-order chi connectivity index (χ0) is 15.5. The second kappa shape index (κ2) is 6.78. The summed E-state index contributed by atoms with van der Waals surface area (Å²) in [5.41, 5.74) is 1.83. The zero-order valence-corrected chi connectivity index (χ0v) is 13.9. The average molecular weight is 292 g/mol. The summed E-state index contributed by atoms with van der Waals surface area (Å²) < 4.78 is 14.5. The highest BCUT2D eigenvalue weighted by atomic mass is 19.1. The van der Waals surface area contributed by atoms with Gasteiger partial charge in [0.25, 0.3) is 0 Å². The van der Waals surface area contributed by atoms with E-state index in [9.17, 15) is 4.39 Å². The lowest BCUT2D eigenvalue weighted by molar-refractivity contribution is 0.423. The molecular formula is C18H29FN2. The molecule has 1 aliphatic rings. The van der Waals surface area contributed by atoms with Crippen molar-refractivity contribution in [1.29, 1.82) is 0 Å². The van der Waals surface area contributed by atoms with Crippen molar-refractivity contribution in [2.75, 3.05) is 11.4 Å². The minimum absolute atomic E-state index is 0.0500. The van der Waals surface area contributed by atoms with Gasteiger partial charge in [0.2, 0.25) is 0 Å². The van der Waals surface area contributed by atoms with Crippen molar-refractivity contribution >= 4 is 5.69 Å². The lowest BCUT2D eigenvalue weighted by atomic mass is 10.1. The third kappa shape index (κ3) is 4.70. The van der Waals surface area contributed by atoms with Gasteiger partial charge in [-0.3, -0.25) is 0 Å². The van der Waals surface area contributed by atoms with E-state index in [-0.39, 0.29) is 11.4 Å². The predicted molar refractivity (Wildman–Crippen MR) is 88.3 cm³/mol. The topological polar surface area (TPSA) is 15.3 Å². The number of hydrogen-bond donors (Lipinski definition) is 1. The Labute approximate surface area is 128 Å². The molecular weight excluding hydrogens is 263 g/mol. The number of benzene rings is 1. The van der Waals surface area contributed by atoms with Gasteiger partial charge in [0, 0.05) is 24.7 Å². The van der Waals surface area contributed by atoms with Crippen LogP contribution >= 0.6 is 0 Å². The molecule has 0 aliphatic carbocycles. The summed E-state index contributed by atoms with van der Waals surface area (Å²) in [5, 5.41) is 3.40. The number of halogens is 1. The van der Waals surface area contributed by atoms with Crippen LogP contribution < -0.4 is 10.2 Å². The maximum absolute atomic E-state index is 14.5. The van der Waals surface area contributed by atoms with Gasteiger partial charge in [0.1, 0.15) is 5.82 Å². The van der Waals surface area contributed by atoms with Crippen LogP contribution in [0.2, 0.25) is 0 Å². The quantitative estimate of drug-likeness (QED) is 0.883. The third-order valence-electron chi connectivity index (χ3n) is 4.20.